The van der Waals surface area contributed by atoms with Gasteiger partial charge in [-0.3, -0.25) is 9.59 Å². The van der Waals surface area contributed by atoms with Crippen LogP contribution in [0.2, 0.25) is 0 Å². The van der Waals surface area contributed by atoms with Gasteiger partial charge in [0, 0.05) is 22.2 Å². The van der Waals surface area contributed by atoms with Crippen molar-refractivity contribution in [1.82, 2.24) is 9.88 Å². The van der Waals surface area contributed by atoms with Gasteiger partial charge in [0.1, 0.15) is 6.54 Å². The lowest BCUT2D eigenvalue weighted by Gasteiger charge is -2.07. The number of esters is 1. The average molecular weight is 434 g/mol. The molecule has 1 aliphatic heterocycles. The van der Waals surface area contributed by atoms with Crippen LogP contribution in [0, 0.1) is 13.8 Å². The Labute approximate surface area is 185 Å². The van der Waals surface area contributed by atoms with Crippen LogP contribution in [-0.2, 0) is 20.9 Å². The summed E-state index contributed by atoms with van der Waals surface area (Å²) in [4.78, 5) is 29.8. The van der Waals surface area contributed by atoms with E-state index in [4.69, 9.17) is 4.74 Å². The van der Waals surface area contributed by atoms with Crippen LogP contribution in [0.1, 0.15) is 23.7 Å². The molecule has 1 N–H and O–H groups in total. The first-order valence-electron chi connectivity index (χ1n) is 10.1. The summed E-state index contributed by atoms with van der Waals surface area (Å²) in [7, 11) is 0. The highest BCUT2D eigenvalue weighted by molar-refractivity contribution is 8.18. The minimum atomic E-state index is -0.286. The molecule has 0 saturated carbocycles. The Balaban J connectivity index is 1.70. The number of thioether (sulfide) groups is 1. The van der Waals surface area contributed by atoms with Crippen LogP contribution in [0.3, 0.4) is 0 Å². The van der Waals surface area contributed by atoms with Crippen molar-refractivity contribution in [2.24, 2.45) is 4.99 Å². The zero-order chi connectivity index (χ0) is 22.0. The molecule has 1 saturated heterocycles. The number of aromatic nitrogens is 1. The number of rotatable bonds is 5. The molecular weight excluding hydrogens is 410 g/mol. The highest BCUT2D eigenvalue weighted by Crippen LogP contribution is 2.33. The van der Waals surface area contributed by atoms with Gasteiger partial charge in [-0.1, -0.05) is 30.3 Å². The second-order valence-corrected chi connectivity index (χ2v) is 8.26. The fraction of sp³-hybridized carbons (Fsp3) is 0.208. The summed E-state index contributed by atoms with van der Waals surface area (Å²) >= 11 is 1.31. The van der Waals surface area contributed by atoms with Gasteiger partial charge in [0.05, 0.1) is 17.2 Å². The fourth-order valence-corrected chi connectivity index (χ4v) is 4.43. The number of amides is 1. The van der Waals surface area contributed by atoms with Gasteiger partial charge >= 0.3 is 5.97 Å². The number of para-hydroxylation sites is 1. The Morgan fingerprint density at radius 3 is 2.77 bits per heavy atom. The van der Waals surface area contributed by atoms with Crippen LogP contribution in [0.25, 0.3) is 17.0 Å². The Kier molecular flexibility index (Phi) is 5.95. The average Bonchev–Trinajstić information content (AvgIpc) is 3.20. The van der Waals surface area contributed by atoms with Crippen LogP contribution in [-0.4, -0.2) is 28.2 Å². The molecule has 3 aromatic rings. The van der Waals surface area contributed by atoms with E-state index in [1.165, 1.54) is 11.8 Å². The second kappa shape index (κ2) is 8.81. The molecule has 1 aromatic heterocycles. The van der Waals surface area contributed by atoms with E-state index < -0.39 is 0 Å². The number of carbonyl (C=O) groups is 2. The van der Waals surface area contributed by atoms with Crippen LogP contribution in [0.4, 0.5) is 5.69 Å². The van der Waals surface area contributed by atoms with Gasteiger partial charge in [-0.15, -0.1) is 0 Å². The number of carbonyl (C=O) groups excluding carboxylic acids is 2. The molecule has 0 bridgehead atoms. The van der Waals surface area contributed by atoms with E-state index in [1.807, 2.05) is 73.0 Å². The lowest BCUT2D eigenvalue weighted by molar-refractivity contribution is -0.143. The zero-order valence-electron chi connectivity index (χ0n) is 17.6. The molecule has 6 nitrogen and oxygen atoms in total. The number of nitrogens with one attached hydrogen (secondary N) is 1. The van der Waals surface area contributed by atoms with Gasteiger partial charge in [-0.2, -0.15) is 0 Å². The first kappa shape index (κ1) is 20.9. The minimum Gasteiger partial charge on any atom is -0.465 e. The predicted molar refractivity (Wildman–Crippen MR) is 125 cm³/mol. The highest BCUT2D eigenvalue weighted by atomic mass is 32.2. The van der Waals surface area contributed by atoms with Crippen molar-refractivity contribution in [3.05, 3.63) is 70.3 Å². The normalized spacial score (nSPS) is 16.3. The van der Waals surface area contributed by atoms with Gasteiger partial charge in [-0.05, 0) is 62.4 Å². The number of ether oxygens (including phenoxy) is 1. The topological polar surface area (TPSA) is 72.7 Å². The largest absolute Gasteiger partial charge is 0.465 e. The third-order valence-corrected chi connectivity index (χ3v) is 5.94. The number of aryl methyl sites for hydroxylation is 1. The molecule has 2 aromatic carbocycles. The number of nitrogens with zero attached hydrogens (tertiary/aromatic N) is 2. The molecule has 1 aliphatic rings. The number of amidine groups is 1. The summed E-state index contributed by atoms with van der Waals surface area (Å²) in [6, 6.07) is 15.7. The van der Waals surface area contributed by atoms with Crippen LogP contribution < -0.4 is 5.32 Å². The van der Waals surface area contributed by atoms with Crippen molar-refractivity contribution in [2.45, 2.75) is 27.3 Å². The number of aliphatic imine (C=N–C) groups is 1. The third kappa shape index (κ3) is 4.41. The molecule has 1 fully saturated rings. The molecule has 0 radical (unpaired) electrons. The molecule has 7 heteroatoms. The number of hydrogen-bond donors (Lipinski definition) is 1. The number of fused-ring (bicyclic) bond motifs is 1. The van der Waals surface area contributed by atoms with E-state index in [1.54, 1.807) is 6.92 Å². The summed E-state index contributed by atoms with van der Waals surface area (Å²) in [5.74, 6) is -0.468. The predicted octanol–water partition coefficient (Wildman–Crippen LogP) is 4.71. The molecule has 0 atom stereocenters. The summed E-state index contributed by atoms with van der Waals surface area (Å²) in [5.41, 5.74) is 4.65. The Bertz CT molecular complexity index is 1240. The quantitative estimate of drug-likeness (QED) is 0.467. The van der Waals surface area contributed by atoms with Gasteiger partial charge in [0.25, 0.3) is 5.91 Å². The number of benzene rings is 2. The van der Waals surface area contributed by atoms with Gasteiger partial charge in [0.15, 0.2) is 5.17 Å². The SMILES string of the molecule is CCOC(=O)Cn1c(C)c(/C=C2\SC(=Nc3cccc(C)c3)NC2=O)c2ccccc21. The van der Waals surface area contributed by atoms with E-state index in [2.05, 4.69) is 10.3 Å². The minimum absolute atomic E-state index is 0.128. The maximum Gasteiger partial charge on any atom is 0.325 e. The van der Waals surface area contributed by atoms with E-state index >= 15 is 0 Å². The standard InChI is InChI=1S/C24H23N3O3S/c1-4-30-22(28)14-27-16(3)19(18-10-5-6-11-20(18)27)13-21-23(29)26-24(31-21)25-17-9-7-8-15(2)12-17/h5-13H,4,14H2,1-3H3,(H,25,26,29)/b21-13-. The van der Waals surface area contributed by atoms with Crippen molar-refractivity contribution in [1.29, 1.82) is 0 Å². The molecular formula is C24H23N3O3S. The van der Waals surface area contributed by atoms with Crippen LogP contribution in [0.5, 0.6) is 0 Å². The first-order valence-corrected chi connectivity index (χ1v) is 10.9. The van der Waals surface area contributed by atoms with Gasteiger partial charge in [-0.25, -0.2) is 4.99 Å². The summed E-state index contributed by atoms with van der Waals surface area (Å²) in [6.45, 7) is 6.21. The van der Waals surface area contributed by atoms with Gasteiger partial charge in [0.2, 0.25) is 0 Å². The van der Waals surface area contributed by atoms with Crippen molar-refractivity contribution in [3.63, 3.8) is 0 Å². The Hall–Kier alpha value is -3.32. The summed E-state index contributed by atoms with van der Waals surface area (Å²) in [6.07, 6.45) is 1.87. The number of hydrogen-bond acceptors (Lipinski definition) is 5. The van der Waals surface area contributed by atoms with Crippen molar-refractivity contribution >= 4 is 51.5 Å². The van der Waals surface area contributed by atoms with E-state index in [0.29, 0.717) is 16.7 Å². The Morgan fingerprint density at radius 1 is 1.19 bits per heavy atom. The molecule has 0 aliphatic carbocycles. The molecule has 2 heterocycles. The van der Waals surface area contributed by atoms with Crippen LogP contribution >= 0.6 is 11.8 Å². The first-order chi connectivity index (χ1) is 15.0. The lowest BCUT2D eigenvalue weighted by Crippen LogP contribution is -2.19. The van der Waals surface area contributed by atoms with E-state index in [-0.39, 0.29) is 18.4 Å². The second-order valence-electron chi connectivity index (χ2n) is 7.23. The molecule has 0 unspecified atom stereocenters. The third-order valence-electron chi connectivity index (χ3n) is 5.03. The summed E-state index contributed by atoms with van der Waals surface area (Å²) in [5, 5.41) is 4.37. The molecule has 4 rings (SSSR count). The van der Waals surface area contributed by atoms with Gasteiger partial charge < -0.3 is 14.6 Å². The summed E-state index contributed by atoms with van der Waals surface area (Å²) < 4.78 is 7.06. The van der Waals surface area contributed by atoms with E-state index in [9.17, 15) is 9.59 Å². The molecule has 158 valence electrons. The van der Waals surface area contributed by atoms with Crippen LogP contribution in [0.15, 0.2) is 58.4 Å². The van der Waals surface area contributed by atoms with Crippen molar-refractivity contribution in [2.75, 3.05) is 6.61 Å². The lowest BCUT2D eigenvalue weighted by atomic mass is 10.1. The maximum absolute atomic E-state index is 12.6. The zero-order valence-corrected chi connectivity index (χ0v) is 18.5. The Morgan fingerprint density at radius 2 is 2.00 bits per heavy atom. The van der Waals surface area contributed by atoms with E-state index in [0.717, 1.165) is 33.4 Å². The monoisotopic (exact) mass is 433 g/mol. The smallest absolute Gasteiger partial charge is 0.325 e. The highest BCUT2D eigenvalue weighted by Gasteiger charge is 2.25. The molecule has 0 spiro atoms. The van der Waals surface area contributed by atoms with Crippen molar-refractivity contribution in [3.8, 4) is 0 Å². The molecule has 1 amide bonds. The fourth-order valence-electron chi connectivity index (χ4n) is 3.61. The van der Waals surface area contributed by atoms with Crippen molar-refractivity contribution < 1.29 is 14.3 Å². The molecule has 31 heavy (non-hydrogen) atoms. The maximum atomic E-state index is 12.6.